The standard InChI is InChI=1S/C14H20ClN.C13H25NO2.C5H9NO.C3H7NO.C2H6/c1-14(2,3)16-9-8-12(10-16)11-4-6-13(15)7-5-11;1-12(2)7-5-10(6-8-12)14-11(16)13(3,4)9-15;7-5-6-3-1-2-4-6;1-4(2)3-5;1-2/h4-7,12H,8-10H2,1-3H3;10,15H,5-9H2,1-4H3,(H,14,16);5H,1-4H2;3H,1-2H3;1-2H3. The SMILES string of the molecule is CC.CC(C)(C)N1CCC(c2ccc(Cl)cc2)C1.CC1(C)CCC(NC(=O)C(C)(C)CO)CC1.CN(C)C=O.O=CN1CCCC1. The van der Waals surface area contributed by atoms with Gasteiger partial charge >= 0.3 is 0 Å². The third-order valence-corrected chi connectivity index (χ3v) is 8.92. The van der Waals surface area contributed by atoms with Crippen molar-refractivity contribution < 1.29 is 19.5 Å². The number of aliphatic hydroxyl groups excluding tert-OH is 1. The van der Waals surface area contributed by atoms with Gasteiger partial charge in [0.1, 0.15) is 0 Å². The maximum absolute atomic E-state index is 11.9. The molecular formula is C37H67ClN4O4. The van der Waals surface area contributed by atoms with Gasteiger partial charge in [-0.2, -0.15) is 0 Å². The lowest BCUT2D eigenvalue weighted by Crippen LogP contribution is -2.46. The summed E-state index contributed by atoms with van der Waals surface area (Å²) in [6, 6.07) is 8.62. The molecule has 1 atom stereocenters. The van der Waals surface area contributed by atoms with Gasteiger partial charge in [0, 0.05) is 50.3 Å². The second kappa shape index (κ2) is 21.7. The summed E-state index contributed by atoms with van der Waals surface area (Å²) in [5, 5.41) is 13.0. The monoisotopic (exact) mass is 666 g/mol. The number of nitrogens with zero attached hydrogens (tertiary/aromatic N) is 3. The number of carbonyl (C=O) groups excluding carboxylic acids is 3. The lowest BCUT2D eigenvalue weighted by atomic mass is 9.75. The van der Waals surface area contributed by atoms with Crippen molar-refractivity contribution in [2.24, 2.45) is 10.8 Å². The molecule has 1 unspecified atom stereocenters. The molecule has 9 heteroatoms. The summed E-state index contributed by atoms with van der Waals surface area (Å²) >= 11 is 5.91. The van der Waals surface area contributed by atoms with Crippen molar-refractivity contribution in [1.82, 2.24) is 20.0 Å². The number of likely N-dealkylation sites (tertiary alicyclic amines) is 2. The Morgan fingerprint density at radius 1 is 0.978 bits per heavy atom. The Kier molecular flexibility index (Phi) is 20.6. The first kappa shape index (κ1) is 43.8. The normalized spacial score (nSPS) is 19.4. The third-order valence-electron chi connectivity index (χ3n) is 8.66. The van der Waals surface area contributed by atoms with E-state index in [1.807, 2.05) is 26.0 Å². The molecule has 0 radical (unpaired) electrons. The molecule has 0 spiro atoms. The van der Waals surface area contributed by atoms with Gasteiger partial charge in [-0.05, 0) is 115 Å². The van der Waals surface area contributed by atoms with Gasteiger partial charge in [0.15, 0.2) is 0 Å². The van der Waals surface area contributed by atoms with E-state index in [1.165, 1.54) is 42.8 Å². The van der Waals surface area contributed by atoms with Crippen LogP contribution in [0.25, 0.3) is 0 Å². The molecular weight excluding hydrogens is 600 g/mol. The number of benzene rings is 1. The van der Waals surface area contributed by atoms with Gasteiger partial charge in [-0.3, -0.25) is 19.3 Å². The van der Waals surface area contributed by atoms with Crippen LogP contribution in [0, 0.1) is 10.8 Å². The van der Waals surface area contributed by atoms with E-state index in [9.17, 15) is 14.4 Å². The summed E-state index contributed by atoms with van der Waals surface area (Å²) < 4.78 is 0. The van der Waals surface area contributed by atoms with Crippen LogP contribution in [0.4, 0.5) is 0 Å². The molecule has 8 nitrogen and oxygen atoms in total. The van der Waals surface area contributed by atoms with Crippen LogP contribution in [0.3, 0.4) is 0 Å². The van der Waals surface area contributed by atoms with Crippen molar-refractivity contribution in [2.75, 3.05) is 46.9 Å². The molecule has 2 heterocycles. The smallest absolute Gasteiger partial charge is 0.228 e. The van der Waals surface area contributed by atoms with E-state index in [1.54, 1.807) is 32.8 Å². The highest BCUT2D eigenvalue weighted by atomic mass is 35.5. The van der Waals surface area contributed by atoms with Crippen molar-refractivity contribution >= 4 is 30.3 Å². The van der Waals surface area contributed by atoms with E-state index in [4.69, 9.17) is 16.7 Å². The lowest BCUT2D eigenvalue weighted by Gasteiger charge is -2.35. The number of amides is 3. The van der Waals surface area contributed by atoms with E-state index in [0.29, 0.717) is 22.9 Å². The Balaban J connectivity index is 0.000000630. The fourth-order valence-electron chi connectivity index (χ4n) is 5.22. The molecule has 1 aromatic rings. The fraction of sp³-hybridized carbons (Fsp3) is 0.757. The van der Waals surface area contributed by atoms with Gasteiger partial charge in [0.2, 0.25) is 18.7 Å². The Bertz CT molecular complexity index is 976. The molecule has 1 aromatic carbocycles. The zero-order valence-electron chi connectivity index (χ0n) is 31.0. The summed E-state index contributed by atoms with van der Waals surface area (Å²) in [4.78, 5) is 37.0. The average Bonchev–Trinajstić information content (AvgIpc) is 3.74. The van der Waals surface area contributed by atoms with Crippen molar-refractivity contribution in [1.29, 1.82) is 0 Å². The van der Waals surface area contributed by atoms with Crippen LogP contribution in [-0.4, -0.2) is 97.0 Å². The largest absolute Gasteiger partial charge is 0.395 e. The zero-order chi connectivity index (χ0) is 35.6. The van der Waals surface area contributed by atoms with E-state index in [2.05, 4.69) is 57.0 Å². The molecule has 2 aliphatic heterocycles. The van der Waals surface area contributed by atoms with Crippen molar-refractivity contribution in [2.45, 2.75) is 125 Å². The predicted octanol–water partition coefficient (Wildman–Crippen LogP) is 6.99. The van der Waals surface area contributed by atoms with Gasteiger partial charge in [-0.25, -0.2) is 0 Å². The summed E-state index contributed by atoms with van der Waals surface area (Å²) in [7, 11) is 3.38. The van der Waals surface area contributed by atoms with Crippen molar-refractivity contribution in [3.05, 3.63) is 34.9 Å². The fourth-order valence-corrected chi connectivity index (χ4v) is 5.35. The summed E-state index contributed by atoms with van der Waals surface area (Å²) in [5.74, 6) is 0.649. The maximum atomic E-state index is 11.9. The third kappa shape index (κ3) is 17.7. The minimum absolute atomic E-state index is 0.0280. The van der Waals surface area contributed by atoms with Crippen LogP contribution in [0.15, 0.2) is 24.3 Å². The van der Waals surface area contributed by atoms with Crippen LogP contribution in [0.2, 0.25) is 5.02 Å². The summed E-state index contributed by atoms with van der Waals surface area (Å²) in [6.45, 7) is 23.2. The highest BCUT2D eigenvalue weighted by molar-refractivity contribution is 6.30. The van der Waals surface area contributed by atoms with Crippen LogP contribution >= 0.6 is 11.6 Å². The molecule has 3 fully saturated rings. The topological polar surface area (TPSA) is 93.2 Å². The van der Waals surface area contributed by atoms with Crippen molar-refractivity contribution in [3.8, 4) is 0 Å². The molecule has 46 heavy (non-hydrogen) atoms. The van der Waals surface area contributed by atoms with E-state index in [-0.39, 0.29) is 12.5 Å². The Morgan fingerprint density at radius 2 is 1.48 bits per heavy atom. The number of carbonyl (C=O) groups is 3. The average molecular weight is 667 g/mol. The molecule has 1 saturated carbocycles. The van der Waals surface area contributed by atoms with Gasteiger partial charge in [0.05, 0.1) is 12.0 Å². The number of rotatable bonds is 6. The highest BCUT2D eigenvalue weighted by Gasteiger charge is 2.32. The molecule has 1 aliphatic carbocycles. The number of halogens is 1. The van der Waals surface area contributed by atoms with Gasteiger partial charge in [-0.15, -0.1) is 0 Å². The van der Waals surface area contributed by atoms with Gasteiger partial charge in [-0.1, -0.05) is 51.4 Å². The van der Waals surface area contributed by atoms with E-state index in [0.717, 1.165) is 56.6 Å². The number of hydrogen-bond donors (Lipinski definition) is 2. The molecule has 0 bridgehead atoms. The Morgan fingerprint density at radius 3 is 1.85 bits per heavy atom. The first-order chi connectivity index (χ1) is 21.4. The second-order valence-electron chi connectivity index (χ2n) is 15.0. The predicted molar refractivity (Wildman–Crippen MR) is 193 cm³/mol. The Labute approximate surface area is 286 Å². The molecule has 2 N–H and O–H groups in total. The van der Waals surface area contributed by atoms with Crippen molar-refractivity contribution in [3.63, 3.8) is 0 Å². The van der Waals surface area contributed by atoms with Crippen LogP contribution in [-0.2, 0) is 14.4 Å². The van der Waals surface area contributed by atoms with E-state index >= 15 is 0 Å². The molecule has 3 amide bonds. The van der Waals surface area contributed by atoms with Crippen LogP contribution in [0.5, 0.6) is 0 Å². The second-order valence-corrected chi connectivity index (χ2v) is 15.5. The minimum Gasteiger partial charge on any atom is -0.395 e. The molecule has 3 aliphatic rings. The first-order valence-corrected chi connectivity index (χ1v) is 17.6. The lowest BCUT2D eigenvalue weighted by molar-refractivity contribution is -0.132. The summed E-state index contributed by atoms with van der Waals surface area (Å²) in [5.41, 5.74) is 1.48. The minimum atomic E-state index is -0.660. The summed E-state index contributed by atoms with van der Waals surface area (Å²) in [6.07, 6.45) is 9.76. The Hall–Kier alpha value is -2.16. The zero-order valence-corrected chi connectivity index (χ0v) is 31.8. The molecule has 2 saturated heterocycles. The molecule has 0 aromatic heterocycles. The highest BCUT2D eigenvalue weighted by Crippen LogP contribution is 2.35. The quantitative estimate of drug-likeness (QED) is 0.320. The first-order valence-electron chi connectivity index (χ1n) is 17.2. The van der Waals surface area contributed by atoms with Crippen LogP contribution < -0.4 is 5.32 Å². The molecule has 266 valence electrons. The van der Waals surface area contributed by atoms with Crippen LogP contribution in [0.1, 0.15) is 119 Å². The number of aliphatic hydroxyl groups is 1. The number of nitrogens with one attached hydrogen (secondary N) is 1. The van der Waals surface area contributed by atoms with Gasteiger partial charge < -0.3 is 20.2 Å². The number of hydrogen-bond acceptors (Lipinski definition) is 5. The van der Waals surface area contributed by atoms with E-state index < -0.39 is 5.41 Å². The molecule has 4 rings (SSSR count). The van der Waals surface area contributed by atoms with Gasteiger partial charge in [0.25, 0.3) is 0 Å². The maximum Gasteiger partial charge on any atom is 0.228 e.